The third-order valence-corrected chi connectivity index (χ3v) is 3.38. The lowest BCUT2D eigenvalue weighted by molar-refractivity contribution is -0.141. The summed E-state index contributed by atoms with van der Waals surface area (Å²) in [6.07, 6.45) is 0. The van der Waals surface area contributed by atoms with Crippen LogP contribution >= 0.6 is 11.6 Å². The lowest BCUT2D eigenvalue weighted by Crippen LogP contribution is -2.28. The first-order valence-electron chi connectivity index (χ1n) is 6.58. The predicted octanol–water partition coefficient (Wildman–Crippen LogP) is 3.15. The van der Waals surface area contributed by atoms with E-state index < -0.39 is 11.9 Å². The fourth-order valence-electron chi connectivity index (χ4n) is 2.02. The molecule has 0 radical (unpaired) electrons. The van der Waals surface area contributed by atoms with Crippen LogP contribution in [-0.4, -0.2) is 34.7 Å². The van der Waals surface area contributed by atoms with Gasteiger partial charge in [0, 0.05) is 23.2 Å². The third kappa shape index (κ3) is 4.31. The van der Waals surface area contributed by atoms with E-state index >= 15 is 0 Å². The van der Waals surface area contributed by atoms with E-state index in [9.17, 15) is 4.79 Å². The molecule has 2 aromatic rings. The number of carboxylic acids is 1. The van der Waals surface area contributed by atoms with Gasteiger partial charge in [-0.15, -0.1) is 0 Å². The predicted molar refractivity (Wildman–Crippen MR) is 80.1 cm³/mol. The highest BCUT2D eigenvalue weighted by Gasteiger charge is 2.15. The average Bonchev–Trinajstić information content (AvgIpc) is 2.87. The van der Waals surface area contributed by atoms with Crippen LogP contribution in [0, 0.1) is 5.92 Å². The van der Waals surface area contributed by atoms with Gasteiger partial charge in [-0.05, 0) is 19.2 Å². The molecule has 6 heteroatoms. The number of halogens is 1. The Morgan fingerprint density at radius 3 is 2.71 bits per heavy atom. The van der Waals surface area contributed by atoms with Crippen molar-refractivity contribution in [3.63, 3.8) is 0 Å². The standard InChI is InChI=1S/C15H17ClN2O3/c1-10(15(19)20)8-18(2)9-13-7-14(17-21-13)11-3-5-12(16)6-4-11/h3-7,10H,8-9H2,1-2H3,(H,19,20). The number of carbonyl (C=O) groups is 1. The molecule has 0 aliphatic rings. The van der Waals surface area contributed by atoms with Crippen LogP contribution in [-0.2, 0) is 11.3 Å². The summed E-state index contributed by atoms with van der Waals surface area (Å²) in [7, 11) is 1.85. The molecule has 0 bridgehead atoms. The van der Waals surface area contributed by atoms with Gasteiger partial charge in [0.15, 0.2) is 5.76 Å². The van der Waals surface area contributed by atoms with Gasteiger partial charge < -0.3 is 9.63 Å². The number of aromatic nitrogens is 1. The Hall–Kier alpha value is -1.85. The topological polar surface area (TPSA) is 66.6 Å². The van der Waals surface area contributed by atoms with Crippen molar-refractivity contribution in [3.8, 4) is 11.3 Å². The van der Waals surface area contributed by atoms with E-state index in [4.69, 9.17) is 21.2 Å². The third-order valence-electron chi connectivity index (χ3n) is 3.13. The van der Waals surface area contributed by atoms with Crippen LogP contribution < -0.4 is 0 Å². The molecule has 1 N–H and O–H groups in total. The van der Waals surface area contributed by atoms with Gasteiger partial charge in [-0.2, -0.15) is 0 Å². The van der Waals surface area contributed by atoms with Crippen molar-refractivity contribution in [2.45, 2.75) is 13.5 Å². The largest absolute Gasteiger partial charge is 0.481 e. The highest BCUT2D eigenvalue weighted by atomic mass is 35.5. The van der Waals surface area contributed by atoms with E-state index in [0.717, 1.165) is 11.3 Å². The Morgan fingerprint density at radius 2 is 2.10 bits per heavy atom. The van der Waals surface area contributed by atoms with E-state index in [-0.39, 0.29) is 0 Å². The average molecular weight is 309 g/mol. The monoisotopic (exact) mass is 308 g/mol. The van der Waals surface area contributed by atoms with Gasteiger partial charge in [-0.1, -0.05) is 35.8 Å². The second kappa shape index (κ2) is 6.74. The van der Waals surface area contributed by atoms with Crippen LogP contribution in [0.3, 0.4) is 0 Å². The van der Waals surface area contributed by atoms with E-state index in [1.54, 1.807) is 19.1 Å². The zero-order valence-electron chi connectivity index (χ0n) is 11.9. The molecular formula is C15H17ClN2O3. The van der Waals surface area contributed by atoms with E-state index in [1.807, 2.05) is 30.1 Å². The Labute approximate surface area is 128 Å². The molecule has 0 saturated heterocycles. The highest BCUT2D eigenvalue weighted by molar-refractivity contribution is 6.30. The summed E-state index contributed by atoms with van der Waals surface area (Å²) < 4.78 is 5.29. The second-order valence-corrected chi connectivity index (χ2v) is 5.56. The maximum atomic E-state index is 10.8. The van der Waals surface area contributed by atoms with E-state index in [0.29, 0.717) is 23.9 Å². The number of nitrogens with zero attached hydrogens (tertiary/aromatic N) is 2. The first-order valence-corrected chi connectivity index (χ1v) is 6.96. The molecule has 21 heavy (non-hydrogen) atoms. The summed E-state index contributed by atoms with van der Waals surface area (Å²) in [4.78, 5) is 12.7. The Bertz CT molecular complexity index is 610. The molecule has 1 aromatic heterocycles. The first-order chi connectivity index (χ1) is 9.95. The summed E-state index contributed by atoms with van der Waals surface area (Å²) in [5.41, 5.74) is 1.66. The molecule has 1 atom stereocenters. The number of hydrogen-bond donors (Lipinski definition) is 1. The molecule has 0 aliphatic carbocycles. The maximum Gasteiger partial charge on any atom is 0.307 e. The maximum absolute atomic E-state index is 10.8. The van der Waals surface area contributed by atoms with Gasteiger partial charge in [-0.3, -0.25) is 9.69 Å². The molecule has 0 saturated carbocycles. The summed E-state index contributed by atoms with van der Waals surface area (Å²) in [5.74, 6) is -0.532. The van der Waals surface area contributed by atoms with E-state index in [1.165, 1.54) is 0 Å². The van der Waals surface area contributed by atoms with Crippen molar-refractivity contribution in [1.82, 2.24) is 10.1 Å². The summed E-state index contributed by atoms with van der Waals surface area (Å²) in [6, 6.07) is 9.20. The molecule has 1 aromatic carbocycles. The van der Waals surface area contributed by atoms with Gasteiger partial charge in [0.2, 0.25) is 0 Å². The first kappa shape index (κ1) is 15.5. The quantitative estimate of drug-likeness (QED) is 0.888. The summed E-state index contributed by atoms with van der Waals surface area (Å²) in [6.45, 7) is 2.64. The SMILES string of the molecule is CC(CN(C)Cc1cc(-c2ccc(Cl)cc2)no1)C(=O)O. The molecule has 2 rings (SSSR count). The molecular weight excluding hydrogens is 292 g/mol. The van der Waals surface area contributed by atoms with Crippen LogP contribution in [0.4, 0.5) is 0 Å². The minimum Gasteiger partial charge on any atom is -0.481 e. The minimum absolute atomic E-state index is 0.423. The highest BCUT2D eigenvalue weighted by Crippen LogP contribution is 2.21. The molecule has 1 heterocycles. The van der Waals surface area contributed by atoms with Crippen molar-refractivity contribution < 1.29 is 14.4 Å². The Morgan fingerprint density at radius 1 is 1.43 bits per heavy atom. The van der Waals surface area contributed by atoms with E-state index in [2.05, 4.69) is 5.16 Å². The Kier molecular flexibility index (Phi) is 4.98. The van der Waals surface area contributed by atoms with Gasteiger partial charge in [-0.25, -0.2) is 0 Å². The number of aliphatic carboxylic acids is 1. The molecule has 0 fully saturated rings. The van der Waals surface area contributed by atoms with Crippen LogP contribution in [0.25, 0.3) is 11.3 Å². The molecule has 112 valence electrons. The molecule has 0 spiro atoms. The van der Waals surface area contributed by atoms with Gasteiger partial charge in [0.05, 0.1) is 12.5 Å². The molecule has 0 aliphatic heterocycles. The van der Waals surface area contributed by atoms with Crippen LogP contribution in [0.15, 0.2) is 34.9 Å². The molecule has 1 unspecified atom stereocenters. The number of rotatable bonds is 6. The smallest absolute Gasteiger partial charge is 0.307 e. The summed E-state index contributed by atoms with van der Waals surface area (Å²) >= 11 is 5.85. The van der Waals surface area contributed by atoms with Crippen LogP contribution in [0.5, 0.6) is 0 Å². The number of hydrogen-bond acceptors (Lipinski definition) is 4. The molecule has 5 nitrogen and oxygen atoms in total. The fraction of sp³-hybridized carbons (Fsp3) is 0.333. The van der Waals surface area contributed by atoms with Crippen molar-refractivity contribution in [1.29, 1.82) is 0 Å². The van der Waals surface area contributed by atoms with Gasteiger partial charge >= 0.3 is 5.97 Å². The van der Waals surface area contributed by atoms with Crippen molar-refractivity contribution in [3.05, 3.63) is 41.1 Å². The minimum atomic E-state index is -0.804. The molecule has 0 amide bonds. The second-order valence-electron chi connectivity index (χ2n) is 5.12. The summed E-state index contributed by atoms with van der Waals surface area (Å²) in [5, 5.41) is 13.6. The number of carboxylic acid groups (broad SMARTS) is 1. The Balaban J connectivity index is 2.00. The zero-order valence-corrected chi connectivity index (χ0v) is 12.7. The lowest BCUT2D eigenvalue weighted by Gasteiger charge is -2.16. The van der Waals surface area contributed by atoms with Crippen LogP contribution in [0.1, 0.15) is 12.7 Å². The van der Waals surface area contributed by atoms with Crippen LogP contribution in [0.2, 0.25) is 5.02 Å². The van der Waals surface area contributed by atoms with Crippen molar-refractivity contribution in [2.24, 2.45) is 5.92 Å². The van der Waals surface area contributed by atoms with Gasteiger partial charge in [0.1, 0.15) is 5.69 Å². The lowest BCUT2D eigenvalue weighted by atomic mass is 10.1. The van der Waals surface area contributed by atoms with Gasteiger partial charge in [0.25, 0.3) is 0 Å². The normalized spacial score (nSPS) is 12.6. The van der Waals surface area contributed by atoms with Crippen molar-refractivity contribution >= 4 is 17.6 Å². The fourth-order valence-corrected chi connectivity index (χ4v) is 2.15. The number of benzene rings is 1. The van der Waals surface area contributed by atoms with Crippen molar-refractivity contribution in [2.75, 3.05) is 13.6 Å². The zero-order chi connectivity index (χ0) is 15.4.